The zero-order chi connectivity index (χ0) is 15.1. The summed E-state index contributed by atoms with van der Waals surface area (Å²) in [4.78, 5) is 3.89. The third-order valence-electron chi connectivity index (χ3n) is 3.79. The van der Waals surface area contributed by atoms with Crippen molar-refractivity contribution >= 4 is 17.4 Å². The highest BCUT2D eigenvalue weighted by Crippen LogP contribution is 2.32. The van der Waals surface area contributed by atoms with E-state index in [0.717, 1.165) is 6.54 Å². The summed E-state index contributed by atoms with van der Waals surface area (Å²) in [5, 5.41) is 0. The number of nitrogens with two attached hydrogens (primary N) is 1. The van der Waals surface area contributed by atoms with Gasteiger partial charge in [-0.05, 0) is 37.1 Å². The lowest BCUT2D eigenvalue weighted by Gasteiger charge is -2.36. The first-order chi connectivity index (χ1) is 9.58. The van der Waals surface area contributed by atoms with E-state index in [2.05, 4.69) is 57.0 Å². The Morgan fingerprint density at radius 2 is 1.85 bits per heavy atom. The first-order valence-electron chi connectivity index (χ1n) is 7.71. The molecule has 0 spiro atoms. The second kappa shape index (κ2) is 8.58. The van der Waals surface area contributed by atoms with Gasteiger partial charge in [-0.2, -0.15) is 0 Å². The number of nitrogens with zero attached hydrogens (tertiary/aromatic N) is 1. The van der Waals surface area contributed by atoms with Crippen LogP contribution in [0.15, 0.2) is 23.1 Å². The van der Waals surface area contributed by atoms with Gasteiger partial charge in [-0.1, -0.05) is 33.8 Å². The van der Waals surface area contributed by atoms with E-state index in [0.29, 0.717) is 18.5 Å². The van der Waals surface area contributed by atoms with Crippen LogP contribution in [-0.2, 0) is 6.54 Å². The number of benzene rings is 1. The van der Waals surface area contributed by atoms with Crippen LogP contribution in [-0.4, -0.2) is 18.8 Å². The van der Waals surface area contributed by atoms with Gasteiger partial charge in [0.05, 0.1) is 0 Å². The summed E-state index contributed by atoms with van der Waals surface area (Å²) < 4.78 is 0. The van der Waals surface area contributed by atoms with Crippen molar-refractivity contribution in [1.29, 1.82) is 0 Å². The molecular weight excluding hydrogens is 264 g/mol. The second-order valence-electron chi connectivity index (χ2n) is 5.68. The Hall–Kier alpha value is -0.670. The van der Waals surface area contributed by atoms with Gasteiger partial charge in [-0.3, -0.25) is 0 Å². The van der Waals surface area contributed by atoms with E-state index in [4.69, 9.17) is 5.73 Å². The minimum absolute atomic E-state index is 0.597. The predicted molar refractivity (Wildman–Crippen MR) is 92.7 cm³/mol. The Kier molecular flexibility index (Phi) is 7.46. The average Bonchev–Trinajstić information content (AvgIpc) is 2.46. The Morgan fingerprint density at radius 1 is 1.20 bits per heavy atom. The molecule has 0 unspecified atom stereocenters. The van der Waals surface area contributed by atoms with Gasteiger partial charge in [0.1, 0.15) is 0 Å². The third kappa shape index (κ3) is 4.16. The first kappa shape index (κ1) is 17.4. The van der Waals surface area contributed by atoms with E-state index in [1.807, 2.05) is 0 Å². The highest BCUT2D eigenvalue weighted by atomic mass is 32.2. The van der Waals surface area contributed by atoms with Gasteiger partial charge < -0.3 is 10.6 Å². The molecule has 1 aromatic rings. The number of hydrogen-bond acceptors (Lipinski definition) is 3. The van der Waals surface area contributed by atoms with Gasteiger partial charge in [0.2, 0.25) is 0 Å². The van der Waals surface area contributed by atoms with E-state index in [1.165, 1.54) is 29.0 Å². The summed E-state index contributed by atoms with van der Waals surface area (Å²) in [7, 11) is 0. The van der Waals surface area contributed by atoms with Crippen LogP contribution in [0.25, 0.3) is 0 Å². The van der Waals surface area contributed by atoms with E-state index in [-0.39, 0.29) is 0 Å². The van der Waals surface area contributed by atoms with E-state index < -0.39 is 0 Å². The number of thioether (sulfide) groups is 1. The molecule has 0 amide bonds. The fourth-order valence-electron chi connectivity index (χ4n) is 2.79. The standard InChI is InChI=1S/C17H30N2S/c1-6-14(7-2)19(12-13(3)4)16-9-8-10-17(20-5)15(16)11-18/h8-10,13-14H,6-7,11-12,18H2,1-5H3. The molecule has 1 aromatic carbocycles. The van der Waals surface area contributed by atoms with Crippen LogP contribution < -0.4 is 10.6 Å². The monoisotopic (exact) mass is 294 g/mol. The van der Waals surface area contributed by atoms with Gasteiger partial charge in [-0.15, -0.1) is 11.8 Å². The quantitative estimate of drug-likeness (QED) is 0.715. The van der Waals surface area contributed by atoms with Crippen LogP contribution in [0.5, 0.6) is 0 Å². The second-order valence-corrected chi connectivity index (χ2v) is 6.53. The van der Waals surface area contributed by atoms with Crippen molar-refractivity contribution in [2.45, 2.75) is 58.0 Å². The lowest BCUT2D eigenvalue weighted by molar-refractivity contribution is 0.506. The summed E-state index contributed by atoms with van der Waals surface area (Å²) >= 11 is 1.79. The van der Waals surface area contributed by atoms with Crippen LogP contribution in [0.4, 0.5) is 5.69 Å². The molecule has 2 nitrogen and oxygen atoms in total. The molecule has 0 aliphatic rings. The maximum atomic E-state index is 6.04. The first-order valence-corrected chi connectivity index (χ1v) is 8.93. The molecule has 0 fully saturated rings. The van der Waals surface area contributed by atoms with Crippen molar-refractivity contribution in [3.63, 3.8) is 0 Å². The SMILES string of the molecule is CCC(CC)N(CC(C)C)c1cccc(SC)c1CN. The molecule has 0 heterocycles. The van der Waals surface area contributed by atoms with E-state index in [9.17, 15) is 0 Å². The maximum absolute atomic E-state index is 6.04. The number of hydrogen-bond donors (Lipinski definition) is 1. The van der Waals surface area contributed by atoms with Crippen molar-refractivity contribution in [2.75, 3.05) is 17.7 Å². The lowest BCUT2D eigenvalue weighted by atomic mass is 10.0. The van der Waals surface area contributed by atoms with Crippen LogP contribution >= 0.6 is 11.8 Å². The molecule has 0 aliphatic carbocycles. The largest absolute Gasteiger partial charge is 0.368 e. The van der Waals surface area contributed by atoms with Gasteiger partial charge in [0.15, 0.2) is 0 Å². The summed E-state index contributed by atoms with van der Waals surface area (Å²) in [5.41, 5.74) is 8.67. The smallest absolute Gasteiger partial charge is 0.0425 e. The summed E-state index contributed by atoms with van der Waals surface area (Å²) in [5.74, 6) is 0.652. The van der Waals surface area contributed by atoms with Crippen LogP contribution in [0.2, 0.25) is 0 Å². The Bertz CT molecular complexity index is 400. The third-order valence-corrected chi connectivity index (χ3v) is 4.61. The average molecular weight is 295 g/mol. The van der Waals surface area contributed by atoms with Crippen LogP contribution in [0.3, 0.4) is 0 Å². The zero-order valence-electron chi connectivity index (χ0n) is 13.6. The topological polar surface area (TPSA) is 29.3 Å². The molecule has 1 rings (SSSR count). The summed E-state index contributed by atoms with van der Waals surface area (Å²) in [6, 6.07) is 7.18. The van der Waals surface area contributed by atoms with Crippen LogP contribution in [0.1, 0.15) is 46.1 Å². The zero-order valence-corrected chi connectivity index (χ0v) is 14.5. The minimum atomic E-state index is 0.597. The summed E-state index contributed by atoms with van der Waals surface area (Å²) in [6.45, 7) is 10.8. The van der Waals surface area contributed by atoms with Crippen LogP contribution in [0, 0.1) is 5.92 Å². The molecule has 0 bridgehead atoms. The van der Waals surface area contributed by atoms with Gasteiger partial charge in [0, 0.05) is 35.3 Å². The summed E-state index contributed by atoms with van der Waals surface area (Å²) in [6.07, 6.45) is 4.48. The molecule has 2 N–H and O–H groups in total. The highest BCUT2D eigenvalue weighted by Gasteiger charge is 2.20. The normalized spacial score (nSPS) is 11.4. The molecule has 0 radical (unpaired) electrons. The Morgan fingerprint density at radius 3 is 2.30 bits per heavy atom. The molecule has 0 saturated carbocycles. The fraction of sp³-hybridized carbons (Fsp3) is 0.647. The molecule has 0 atom stereocenters. The van der Waals surface area contributed by atoms with E-state index >= 15 is 0 Å². The molecule has 0 aliphatic heterocycles. The van der Waals surface area contributed by atoms with Crippen molar-refractivity contribution in [1.82, 2.24) is 0 Å². The molecule has 0 saturated heterocycles. The predicted octanol–water partition coefficient (Wildman–Crippen LogP) is 4.52. The fourth-order valence-corrected chi connectivity index (χ4v) is 3.44. The molecule has 3 heteroatoms. The van der Waals surface area contributed by atoms with Crippen molar-refractivity contribution in [3.8, 4) is 0 Å². The van der Waals surface area contributed by atoms with E-state index in [1.54, 1.807) is 11.8 Å². The highest BCUT2D eigenvalue weighted by molar-refractivity contribution is 7.98. The van der Waals surface area contributed by atoms with Gasteiger partial charge in [0.25, 0.3) is 0 Å². The molecule has 20 heavy (non-hydrogen) atoms. The Balaban J connectivity index is 3.25. The van der Waals surface area contributed by atoms with Crippen molar-refractivity contribution < 1.29 is 0 Å². The molecular formula is C17H30N2S. The maximum Gasteiger partial charge on any atom is 0.0425 e. The van der Waals surface area contributed by atoms with Gasteiger partial charge >= 0.3 is 0 Å². The lowest BCUT2D eigenvalue weighted by Crippen LogP contribution is -2.38. The minimum Gasteiger partial charge on any atom is -0.368 e. The number of anilines is 1. The molecule has 0 aromatic heterocycles. The van der Waals surface area contributed by atoms with Crippen molar-refractivity contribution in [2.24, 2.45) is 11.7 Å². The van der Waals surface area contributed by atoms with Gasteiger partial charge in [-0.25, -0.2) is 0 Å². The Labute approximate surface area is 129 Å². The van der Waals surface area contributed by atoms with Crippen molar-refractivity contribution in [3.05, 3.63) is 23.8 Å². The number of rotatable bonds is 8. The molecule has 114 valence electrons.